The van der Waals surface area contributed by atoms with Crippen LogP contribution in [0.2, 0.25) is 0 Å². The molecular weight excluding hydrogens is 110 g/mol. The van der Waals surface area contributed by atoms with Gasteiger partial charge in [-0.3, -0.25) is 10.1 Å². The molecule has 0 heterocycles. The zero-order valence-corrected chi connectivity index (χ0v) is 4.29. The van der Waals surface area contributed by atoms with E-state index in [4.69, 9.17) is 5.11 Å². The Hall–Kier alpha value is -1.06. The van der Waals surface area contributed by atoms with Crippen molar-refractivity contribution in [3.8, 4) is 0 Å². The van der Waals surface area contributed by atoms with Crippen LogP contribution in [0.1, 0.15) is 6.92 Å². The summed E-state index contributed by atoms with van der Waals surface area (Å²) in [4.78, 5) is 9.21. The Labute approximate surface area is 45.6 Å². The summed E-state index contributed by atoms with van der Waals surface area (Å²) in [5, 5.41) is 18.3. The van der Waals surface area contributed by atoms with Crippen LogP contribution < -0.4 is 0 Å². The molecule has 4 heteroatoms. The Balaban J connectivity index is 2.66. The van der Waals surface area contributed by atoms with Crippen LogP contribution in [-0.2, 0) is 0 Å². The van der Waals surface area contributed by atoms with Crippen molar-refractivity contribution >= 4 is 0 Å². The summed E-state index contributed by atoms with van der Waals surface area (Å²) < 4.78 is 0. The van der Waals surface area contributed by atoms with E-state index in [1.807, 2.05) is 0 Å². The third kappa shape index (κ3) is 0.458. The maximum atomic E-state index is 9.77. The SMILES string of the molecule is CC1C(O)=C1[N+](=O)[O-]. The van der Waals surface area contributed by atoms with E-state index < -0.39 is 4.92 Å². The molecule has 4 nitrogen and oxygen atoms in total. The molecule has 0 saturated carbocycles. The van der Waals surface area contributed by atoms with Crippen LogP contribution >= 0.6 is 0 Å². The van der Waals surface area contributed by atoms with Crippen molar-refractivity contribution in [2.24, 2.45) is 5.92 Å². The van der Waals surface area contributed by atoms with Crippen molar-refractivity contribution < 1.29 is 10.0 Å². The lowest BCUT2D eigenvalue weighted by Crippen LogP contribution is -1.88. The van der Waals surface area contributed by atoms with Gasteiger partial charge in [0.1, 0.15) is 5.92 Å². The lowest BCUT2D eigenvalue weighted by atomic mass is 10.4. The third-order valence-electron chi connectivity index (χ3n) is 1.20. The van der Waals surface area contributed by atoms with Crippen molar-refractivity contribution in [1.82, 2.24) is 0 Å². The Morgan fingerprint density at radius 2 is 2.25 bits per heavy atom. The first-order valence-electron chi connectivity index (χ1n) is 2.22. The van der Waals surface area contributed by atoms with Crippen LogP contribution in [0.5, 0.6) is 0 Å². The normalized spacial score (nSPS) is 25.9. The molecule has 0 aromatic carbocycles. The second-order valence-corrected chi connectivity index (χ2v) is 1.75. The predicted molar refractivity (Wildman–Crippen MR) is 25.8 cm³/mol. The molecule has 0 aromatic heterocycles. The summed E-state index contributed by atoms with van der Waals surface area (Å²) in [6.07, 6.45) is 0. The molecule has 1 atom stereocenters. The Morgan fingerprint density at radius 1 is 1.88 bits per heavy atom. The van der Waals surface area contributed by atoms with Gasteiger partial charge in [0.25, 0.3) is 5.70 Å². The first-order valence-corrected chi connectivity index (χ1v) is 2.22. The number of aliphatic hydroxyl groups is 1. The van der Waals surface area contributed by atoms with Gasteiger partial charge in [-0.05, 0) is 6.92 Å². The fourth-order valence-electron chi connectivity index (χ4n) is 0.557. The summed E-state index contributed by atoms with van der Waals surface area (Å²) in [6.45, 7) is 1.59. The van der Waals surface area contributed by atoms with Crippen LogP contribution in [0.25, 0.3) is 0 Å². The largest absolute Gasteiger partial charge is 0.505 e. The second-order valence-electron chi connectivity index (χ2n) is 1.75. The van der Waals surface area contributed by atoms with E-state index in [2.05, 4.69) is 0 Å². The average molecular weight is 115 g/mol. The minimum absolute atomic E-state index is 0.0370. The smallest absolute Gasteiger partial charge is 0.294 e. The molecule has 8 heavy (non-hydrogen) atoms. The maximum absolute atomic E-state index is 9.77. The van der Waals surface area contributed by atoms with Crippen molar-refractivity contribution in [3.63, 3.8) is 0 Å². The summed E-state index contributed by atoms with van der Waals surface area (Å²) in [5.74, 6) is -0.375. The zero-order chi connectivity index (χ0) is 6.31. The highest BCUT2D eigenvalue weighted by Gasteiger charge is 2.44. The highest BCUT2D eigenvalue weighted by molar-refractivity contribution is 5.26. The van der Waals surface area contributed by atoms with Crippen LogP contribution in [0, 0.1) is 16.0 Å². The zero-order valence-electron chi connectivity index (χ0n) is 4.29. The highest BCUT2D eigenvalue weighted by Crippen LogP contribution is 2.35. The molecule has 0 saturated heterocycles. The Kier molecular flexibility index (Phi) is 0.770. The van der Waals surface area contributed by atoms with Crippen LogP contribution in [0.3, 0.4) is 0 Å². The van der Waals surface area contributed by atoms with Gasteiger partial charge in [0.05, 0.1) is 4.92 Å². The molecule has 44 valence electrons. The van der Waals surface area contributed by atoms with Gasteiger partial charge in [-0.1, -0.05) is 0 Å². The maximum Gasteiger partial charge on any atom is 0.294 e. The van der Waals surface area contributed by atoms with E-state index in [0.717, 1.165) is 0 Å². The number of nitro groups is 1. The molecule has 1 unspecified atom stereocenters. The topological polar surface area (TPSA) is 63.4 Å². The van der Waals surface area contributed by atoms with Gasteiger partial charge in [-0.2, -0.15) is 0 Å². The number of rotatable bonds is 1. The first-order chi connectivity index (χ1) is 3.64. The number of aliphatic hydroxyl groups excluding tert-OH is 1. The lowest BCUT2D eigenvalue weighted by molar-refractivity contribution is -0.421. The van der Waals surface area contributed by atoms with Gasteiger partial charge >= 0.3 is 0 Å². The molecule has 1 aliphatic rings. The molecule has 1 N–H and O–H groups in total. The van der Waals surface area contributed by atoms with E-state index in [9.17, 15) is 10.1 Å². The number of hydrogen-bond acceptors (Lipinski definition) is 3. The molecule has 0 aliphatic heterocycles. The van der Waals surface area contributed by atoms with Crippen molar-refractivity contribution in [2.75, 3.05) is 0 Å². The van der Waals surface area contributed by atoms with Gasteiger partial charge in [0, 0.05) is 0 Å². The van der Waals surface area contributed by atoms with Gasteiger partial charge in [-0.15, -0.1) is 0 Å². The van der Waals surface area contributed by atoms with Crippen LogP contribution in [0.4, 0.5) is 0 Å². The molecule has 0 amide bonds. The quantitative estimate of drug-likeness (QED) is 0.403. The molecule has 0 bridgehead atoms. The van der Waals surface area contributed by atoms with Crippen LogP contribution in [-0.4, -0.2) is 10.0 Å². The van der Waals surface area contributed by atoms with Crippen LogP contribution in [0.15, 0.2) is 11.5 Å². The van der Waals surface area contributed by atoms with E-state index in [0.29, 0.717) is 0 Å². The molecule has 0 fully saturated rings. The molecule has 0 aromatic rings. The van der Waals surface area contributed by atoms with Crippen molar-refractivity contribution in [3.05, 3.63) is 21.6 Å². The molecule has 1 rings (SSSR count). The molecule has 0 spiro atoms. The van der Waals surface area contributed by atoms with Gasteiger partial charge in [-0.25, -0.2) is 0 Å². The Morgan fingerprint density at radius 3 is 2.25 bits per heavy atom. The fourth-order valence-corrected chi connectivity index (χ4v) is 0.557. The van der Waals surface area contributed by atoms with E-state index in [-0.39, 0.29) is 17.4 Å². The first kappa shape index (κ1) is 5.08. The third-order valence-corrected chi connectivity index (χ3v) is 1.20. The minimum Gasteiger partial charge on any atom is -0.505 e. The fraction of sp³-hybridized carbons (Fsp3) is 0.500. The average Bonchev–Trinajstić information content (AvgIpc) is 2.15. The number of hydrogen-bond donors (Lipinski definition) is 1. The Bertz CT molecular complexity index is 172. The van der Waals surface area contributed by atoms with E-state index in [1.165, 1.54) is 0 Å². The lowest BCUT2D eigenvalue weighted by Gasteiger charge is -1.75. The second kappa shape index (κ2) is 1.21. The van der Waals surface area contributed by atoms with Crippen molar-refractivity contribution in [1.29, 1.82) is 0 Å². The van der Waals surface area contributed by atoms with Gasteiger partial charge in [0.2, 0.25) is 0 Å². The highest BCUT2D eigenvalue weighted by atomic mass is 16.6. The van der Waals surface area contributed by atoms with Gasteiger partial charge in [0.15, 0.2) is 5.76 Å². The van der Waals surface area contributed by atoms with Crippen molar-refractivity contribution in [2.45, 2.75) is 6.92 Å². The van der Waals surface area contributed by atoms with E-state index in [1.54, 1.807) is 6.92 Å². The molecule has 0 radical (unpaired) electrons. The molecular formula is C4H5NO3. The van der Waals surface area contributed by atoms with E-state index >= 15 is 0 Å². The summed E-state index contributed by atoms with van der Waals surface area (Å²) in [5.41, 5.74) is -0.0370. The number of allylic oxidation sites excluding steroid dienone is 2. The van der Waals surface area contributed by atoms with Gasteiger partial charge < -0.3 is 5.11 Å². The monoisotopic (exact) mass is 115 g/mol. The summed E-state index contributed by atoms with van der Waals surface area (Å²) in [6, 6.07) is 0. The standard InChI is InChI=1S/C4H5NO3/c1-2-3(4(2)6)5(7)8/h2,6H,1H3. The summed E-state index contributed by atoms with van der Waals surface area (Å²) >= 11 is 0. The molecule has 1 aliphatic carbocycles. The predicted octanol–water partition coefficient (Wildman–Crippen LogP) is 0.682. The minimum atomic E-state index is -0.556. The summed E-state index contributed by atoms with van der Waals surface area (Å²) in [7, 11) is 0. The number of nitrogens with zero attached hydrogens (tertiary/aromatic N) is 1.